The zero-order valence-corrected chi connectivity index (χ0v) is 17.6. The number of nitrogens with zero attached hydrogens (tertiary/aromatic N) is 2. The average Bonchev–Trinajstić information content (AvgIpc) is 3.33. The second kappa shape index (κ2) is 8.10. The summed E-state index contributed by atoms with van der Waals surface area (Å²) in [6, 6.07) is 13.2. The topological polar surface area (TPSA) is 76.7 Å². The summed E-state index contributed by atoms with van der Waals surface area (Å²) in [6.07, 6.45) is 0.849. The highest BCUT2D eigenvalue weighted by Gasteiger charge is 2.42. The first kappa shape index (κ1) is 19.8. The number of aromatic amines is 1. The number of fused-ring (bicyclic) bond motifs is 1. The molecule has 30 heavy (non-hydrogen) atoms. The second-order valence-corrected chi connectivity index (χ2v) is 7.11. The normalized spacial score (nSPS) is 15.3. The highest BCUT2D eigenvalue weighted by atomic mass is 16.5. The van der Waals surface area contributed by atoms with Crippen LogP contribution in [-0.2, 0) is 0 Å². The van der Waals surface area contributed by atoms with E-state index in [0.29, 0.717) is 23.7 Å². The number of aromatic nitrogens is 2. The molecule has 1 atom stereocenters. The Morgan fingerprint density at radius 3 is 2.53 bits per heavy atom. The van der Waals surface area contributed by atoms with Gasteiger partial charge in [-0.25, -0.2) is 0 Å². The summed E-state index contributed by atoms with van der Waals surface area (Å²) >= 11 is 0. The Balaban J connectivity index is 1.88. The Morgan fingerprint density at radius 1 is 1.03 bits per heavy atom. The molecule has 4 rings (SSSR count). The number of hydrogen-bond acceptors (Lipinski definition) is 5. The van der Waals surface area contributed by atoms with E-state index in [4.69, 9.17) is 14.2 Å². The molecular formula is C23H25N3O4. The fourth-order valence-corrected chi connectivity index (χ4v) is 4.03. The van der Waals surface area contributed by atoms with Gasteiger partial charge in [0.25, 0.3) is 5.91 Å². The average molecular weight is 407 g/mol. The lowest BCUT2D eigenvalue weighted by atomic mass is 9.95. The first-order chi connectivity index (χ1) is 14.6. The molecule has 1 aromatic heterocycles. The molecule has 0 bridgehead atoms. The zero-order chi connectivity index (χ0) is 21.3. The number of benzene rings is 2. The van der Waals surface area contributed by atoms with E-state index in [-0.39, 0.29) is 11.9 Å². The van der Waals surface area contributed by atoms with Gasteiger partial charge in [0.2, 0.25) is 0 Å². The predicted octanol–water partition coefficient (Wildman–Crippen LogP) is 4.06. The van der Waals surface area contributed by atoms with Crippen molar-refractivity contribution < 1.29 is 19.0 Å². The van der Waals surface area contributed by atoms with Crippen molar-refractivity contribution in [2.24, 2.45) is 0 Å². The molecule has 3 aromatic rings. The molecule has 0 aliphatic carbocycles. The Labute approximate surface area is 175 Å². The largest absolute Gasteiger partial charge is 0.497 e. The van der Waals surface area contributed by atoms with Crippen LogP contribution in [-0.4, -0.2) is 48.9 Å². The monoisotopic (exact) mass is 407 g/mol. The number of rotatable bonds is 7. The maximum absolute atomic E-state index is 13.2. The van der Waals surface area contributed by atoms with Crippen LogP contribution in [0.4, 0.5) is 0 Å². The third-order valence-electron chi connectivity index (χ3n) is 5.39. The Kier molecular flexibility index (Phi) is 5.35. The first-order valence-corrected chi connectivity index (χ1v) is 9.88. The highest BCUT2D eigenvalue weighted by Crippen LogP contribution is 2.44. The van der Waals surface area contributed by atoms with Gasteiger partial charge in [0.1, 0.15) is 11.4 Å². The molecular weight excluding hydrogens is 382 g/mol. The van der Waals surface area contributed by atoms with Crippen LogP contribution in [0.2, 0.25) is 0 Å². The van der Waals surface area contributed by atoms with Crippen LogP contribution in [0.1, 0.15) is 41.0 Å². The van der Waals surface area contributed by atoms with Gasteiger partial charge in [0.15, 0.2) is 11.5 Å². The summed E-state index contributed by atoms with van der Waals surface area (Å²) in [5, 5.41) is 7.47. The van der Waals surface area contributed by atoms with Crippen LogP contribution >= 0.6 is 0 Å². The summed E-state index contributed by atoms with van der Waals surface area (Å²) in [5.74, 6) is 1.96. The second-order valence-electron chi connectivity index (χ2n) is 7.11. The first-order valence-electron chi connectivity index (χ1n) is 9.88. The lowest BCUT2D eigenvalue weighted by Crippen LogP contribution is -2.30. The van der Waals surface area contributed by atoms with Crippen molar-refractivity contribution in [3.63, 3.8) is 0 Å². The van der Waals surface area contributed by atoms with Crippen LogP contribution in [0.3, 0.4) is 0 Å². The Bertz CT molecular complexity index is 1080. The minimum Gasteiger partial charge on any atom is -0.497 e. The van der Waals surface area contributed by atoms with Crippen molar-refractivity contribution in [2.45, 2.75) is 19.4 Å². The van der Waals surface area contributed by atoms with E-state index in [1.165, 1.54) is 0 Å². The number of carbonyl (C=O) groups is 1. The van der Waals surface area contributed by atoms with Crippen LogP contribution in [0.15, 0.2) is 42.5 Å². The molecule has 0 unspecified atom stereocenters. The van der Waals surface area contributed by atoms with Gasteiger partial charge in [-0.15, -0.1) is 0 Å². The molecule has 7 heteroatoms. The van der Waals surface area contributed by atoms with Crippen molar-refractivity contribution in [1.82, 2.24) is 15.1 Å². The highest BCUT2D eigenvalue weighted by molar-refractivity contribution is 6.00. The molecule has 0 spiro atoms. The molecule has 1 aliphatic heterocycles. The third kappa shape index (κ3) is 3.16. The summed E-state index contributed by atoms with van der Waals surface area (Å²) in [5.41, 5.74) is 3.98. The van der Waals surface area contributed by atoms with E-state index < -0.39 is 0 Å². The van der Waals surface area contributed by atoms with Crippen LogP contribution in [0, 0.1) is 0 Å². The number of hydrogen-bond donors (Lipinski definition) is 1. The number of nitrogens with one attached hydrogen (secondary N) is 1. The fourth-order valence-electron chi connectivity index (χ4n) is 4.03. The lowest BCUT2D eigenvalue weighted by Gasteiger charge is -2.26. The Morgan fingerprint density at radius 2 is 1.83 bits per heavy atom. The van der Waals surface area contributed by atoms with Crippen LogP contribution in [0.5, 0.6) is 17.2 Å². The van der Waals surface area contributed by atoms with Gasteiger partial charge < -0.3 is 19.1 Å². The van der Waals surface area contributed by atoms with E-state index in [1.54, 1.807) is 21.3 Å². The van der Waals surface area contributed by atoms with Crippen molar-refractivity contribution in [3.05, 3.63) is 59.3 Å². The van der Waals surface area contributed by atoms with Gasteiger partial charge in [0, 0.05) is 17.7 Å². The SMILES string of the molecule is CCCN1C(=O)c2[nH]nc(-c3cccc(OC)c3)c2[C@@H]1c1ccc(OC)c(OC)c1. The summed E-state index contributed by atoms with van der Waals surface area (Å²) in [7, 11) is 4.85. The van der Waals surface area contributed by atoms with Crippen molar-refractivity contribution in [2.75, 3.05) is 27.9 Å². The standard InChI is InChI=1S/C23H25N3O4/c1-5-11-26-22(15-9-10-17(29-3)18(13-15)30-4)19-20(24-25-21(19)23(26)27)14-7-6-8-16(12-14)28-2/h6-10,12-13,22H,5,11H2,1-4H3,(H,24,25)/t22-/m0/s1. The van der Waals surface area contributed by atoms with E-state index >= 15 is 0 Å². The van der Waals surface area contributed by atoms with Crippen molar-refractivity contribution in [3.8, 4) is 28.5 Å². The van der Waals surface area contributed by atoms with Crippen molar-refractivity contribution >= 4 is 5.91 Å². The fraction of sp³-hybridized carbons (Fsp3) is 0.304. The quantitative estimate of drug-likeness (QED) is 0.639. The zero-order valence-electron chi connectivity index (χ0n) is 17.6. The van der Waals surface area contributed by atoms with E-state index in [0.717, 1.165) is 34.6 Å². The van der Waals surface area contributed by atoms with Gasteiger partial charge in [-0.2, -0.15) is 5.10 Å². The molecule has 1 N–H and O–H groups in total. The summed E-state index contributed by atoms with van der Waals surface area (Å²) in [6.45, 7) is 2.70. The van der Waals surface area contributed by atoms with Gasteiger partial charge in [0.05, 0.1) is 33.1 Å². The number of carbonyl (C=O) groups excluding carboxylic acids is 1. The minimum atomic E-state index is -0.271. The number of H-pyrrole nitrogens is 1. The lowest BCUT2D eigenvalue weighted by molar-refractivity contribution is 0.0743. The molecule has 0 saturated carbocycles. The molecule has 156 valence electrons. The van der Waals surface area contributed by atoms with Gasteiger partial charge >= 0.3 is 0 Å². The molecule has 7 nitrogen and oxygen atoms in total. The minimum absolute atomic E-state index is 0.0479. The van der Waals surface area contributed by atoms with E-state index in [2.05, 4.69) is 17.1 Å². The predicted molar refractivity (Wildman–Crippen MR) is 113 cm³/mol. The van der Waals surface area contributed by atoms with Gasteiger partial charge in [-0.3, -0.25) is 9.89 Å². The maximum atomic E-state index is 13.2. The molecule has 0 saturated heterocycles. The number of ether oxygens (including phenoxy) is 3. The smallest absolute Gasteiger partial charge is 0.273 e. The Hall–Kier alpha value is -3.48. The maximum Gasteiger partial charge on any atom is 0.273 e. The van der Waals surface area contributed by atoms with Crippen LogP contribution in [0.25, 0.3) is 11.3 Å². The molecule has 1 aliphatic rings. The van der Waals surface area contributed by atoms with Crippen molar-refractivity contribution in [1.29, 1.82) is 0 Å². The van der Waals surface area contributed by atoms with Gasteiger partial charge in [-0.1, -0.05) is 25.1 Å². The van der Waals surface area contributed by atoms with E-state index in [9.17, 15) is 4.79 Å². The molecule has 2 heterocycles. The van der Waals surface area contributed by atoms with E-state index in [1.807, 2.05) is 47.4 Å². The summed E-state index contributed by atoms with van der Waals surface area (Å²) in [4.78, 5) is 15.1. The molecule has 0 fully saturated rings. The number of methoxy groups -OCH3 is 3. The molecule has 0 radical (unpaired) electrons. The number of amides is 1. The third-order valence-corrected chi connectivity index (χ3v) is 5.39. The van der Waals surface area contributed by atoms with Crippen LogP contribution < -0.4 is 14.2 Å². The summed E-state index contributed by atoms with van der Waals surface area (Å²) < 4.78 is 16.3. The molecule has 1 amide bonds. The molecule has 2 aromatic carbocycles. The van der Waals surface area contributed by atoms with Gasteiger partial charge in [-0.05, 0) is 36.2 Å².